The number of hydrogen-bond donors (Lipinski definition) is 2. The molecule has 1 saturated heterocycles. The van der Waals surface area contributed by atoms with Crippen LogP contribution in [0.25, 0.3) is 10.9 Å². The number of ether oxygens (including phenoxy) is 1. The number of amides is 3. The predicted molar refractivity (Wildman–Crippen MR) is 110 cm³/mol. The van der Waals surface area contributed by atoms with Crippen LogP contribution in [-0.4, -0.2) is 72.0 Å². The minimum Gasteiger partial charge on any atom is -0.467 e. The van der Waals surface area contributed by atoms with E-state index in [1.54, 1.807) is 9.80 Å². The largest absolute Gasteiger partial charge is 0.467 e. The zero-order valence-electron chi connectivity index (χ0n) is 17.1. The van der Waals surface area contributed by atoms with Crippen LogP contribution in [0, 0.1) is 5.92 Å². The Bertz CT molecular complexity index is 853. The van der Waals surface area contributed by atoms with Gasteiger partial charge in [0.15, 0.2) is 0 Å². The molecule has 0 radical (unpaired) electrons. The van der Waals surface area contributed by atoms with Gasteiger partial charge in [0.05, 0.1) is 7.11 Å². The Morgan fingerprint density at radius 3 is 2.41 bits per heavy atom. The van der Waals surface area contributed by atoms with Crippen molar-refractivity contribution in [3.8, 4) is 0 Å². The van der Waals surface area contributed by atoms with Crippen LogP contribution >= 0.6 is 0 Å². The normalized spacial score (nSPS) is 16.4. The average Bonchev–Trinajstić information content (AvgIpc) is 3.20. The molecule has 29 heavy (non-hydrogen) atoms. The highest BCUT2D eigenvalue weighted by molar-refractivity contribution is 5.98. The summed E-state index contributed by atoms with van der Waals surface area (Å²) in [6.07, 6.45) is 0.743. The van der Waals surface area contributed by atoms with Crippen molar-refractivity contribution in [1.29, 1.82) is 0 Å². The summed E-state index contributed by atoms with van der Waals surface area (Å²) < 4.78 is 4.82. The molecular weight excluding hydrogens is 372 g/mol. The molecule has 2 heterocycles. The molecule has 0 saturated carbocycles. The van der Waals surface area contributed by atoms with Gasteiger partial charge < -0.3 is 24.8 Å². The van der Waals surface area contributed by atoms with Crippen molar-refractivity contribution in [2.75, 3.05) is 33.3 Å². The van der Waals surface area contributed by atoms with Crippen LogP contribution in [0.4, 0.5) is 4.79 Å². The van der Waals surface area contributed by atoms with Gasteiger partial charge in [0.2, 0.25) is 0 Å². The maximum absolute atomic E-state index is 12.8. The number of carbonyl (C=O) groups excluding carboxylic acids is 3. The summed E-state index contributed by atoms with van der Waals surface area (Å²) in [7, 11) is 1.32. The van der Waals surface area contributed by atoms with E-state index in [1.165, 1.54) is 7.11 Å². The lowest BCUT2D eigenvalue weighted by Gasteiger charge is -2.35. The minimum absolute atomic E-state index is 0.0312. The number of H-pyrrole nitrogens is 1. The van der Waals surface area contributed by atoms with E-state index in [2.05, 4.69) is 10.3 Å². The van der Waals surface area contributed by atoms with Crippen LogP contribution in [0.2, 0.25) is 0 Å². The number of fused-ring (bicyclic) bond motifs is 1. The fourth-order valence-corrected chi connectivity index (χ4v) is 3.49. The number of nitrogens with zero attached hydrogens (tertiary/aromatic N) is 2. The SMILES string of the molecule is CC[C@H](C)[C@@H](NC(=O)N1CCN(C(=O)c2cc3ccccc3[nH]2)CC1)C(=O)OC. The van der Waals surface area contributed by atoms with Crippen LogP contribution in [0.15, 0.2) is 30.3 Å². The van der Waals surface area contributed by atoms with Gasteiger partial charge in [0, 0.05) is 37.1 Å². The highest BCUT2D eigenvalue weighted by Gasteiger charge is 2.31. The molecule has 3 rings (SSSR count). The fraction of sp³-hybridized carbons (Fsp3) is 0.476. The average molecular weight is 400 g/mol. The van der Waals surface area contributed by atoms with Crippen molar-refractivity contribution in [2.45, 2.75) is 26.3 Å². The molecule has 1 fully saturated rings. The highest BCUT2D eigenvalue weighted by atomic mass is 16.5. The van der Waals surface area contributed by atoms with Gasteiger partial charge in [-0.25, -0.2) is 9.59 Å². The van der Waals surface area contributed by atoms with E-state index in [4.69, 9.17) is 4.74 Å². The maximum atomic E-state index is 12.8. The number of hydrogen-bond acceptors (Lipinski definition) is 4. The third-order valence-electron chi connectivity index (χ3n) is 5.56. The Morgan fingerprint density at radius 1 is 1.14 bits per heavy atom. The third-order valence-corrected chi connectivity index (χ3v) is 5.56. The maximum Gasteiger partial charge on any atom is 0.328 e. The standard InChI is InChI=1S/C21H28N4O4/c1-4-14(2)18(20(27)29-3)23-21(28)25-11-9-24(10-12-25)19(26)17-13-15-7-5-6-8-16(15)22-17/h5-8,13-14,18,22H,4,9-12H2,1-3H3,(H,23,28)/t14-,18+/m0/s1. The van der Waals surface area contributed by atoms with Gasteiger partial charge in [0.1, 0.15) is 11.7 Å². The number of urea groups is 1. The van der Waals surface area contributed by atoms with Gasteiger partial charge >= 0.3 is 12.0 Å². The number of para-hydroxylation sites is 1. The first-order valence-electron chi connectivity index (χ1n) is 9.94. The molecular formula is C21H28N4O4. The predicted octanol–water partition coefficient (Wildman–Crippen LogP) is 2.22. The smallest absolute Gasteiger partial charge is 0.328 e. The minimum atomic E-state index is -0.677. The van der Waals surface area contributed by atoms with Crippen molar-refractivity contribution in [2.24, 2.45) is 5.92 Å². The summed E-state index contributed by atoms with van der Waals surface area (Å²) in [6, 6.07) is 8.61. The van der Waals surface area contributed by atoms with Crippen LogP contribution in [0.1, 0.15) is 30.8 Å². The molecule has 8 heteroatoms. The molecule has 0 spiro atoms. The molecule has 156 valence electrons. The van der Waals surface area contributed by atoms with E-state index in [-0.39, 0.29) is 17.9 Å². The second-order valence-electron chi connectivity index (χ2n) is 7.39. The number of rotatable bonds is 5. The number of carbonyl (C=O) groups is 3. The van der Waals surface area contributed by atoms with E-state index in [1.807, 2.05) is 44.2 Å². The van der Waals surface area contributed by atoms with Crippen molar-refractivity contribution >= 4 is 28.8 Å². The Kier molecular flexibility index (Phi) is 6.41. The van der Waals surface area contributed by atoms with Crippen LogP contribution in [-0.2, 0) is 9.53 Å². The summed E-state index contributed by atoms with van der Waals surface area (Å²) in [5.74, 6) is -0.551. The molecule has 0 aliphatic carbocycles. The summed E-state index contributed by atoms with van der Waals surface area (Å²) >= 11 is 0. The number of piperazine rings is 1. The van der Waals surface area contributed by atoms with Gasteiger partial charge in [0.25, 0.3) is 5.91 Å². The Balaban J connectivity index is 1.58. The number of methoxy groups -OCH3 is 1. The van der Waals surface area contributed by atoms with E-state index in [9.17, 15) is 14.4 Å². The van der Waals surface area contributed by atoms with Gasteiger partial charge in [-0.3, -0.25) is 4.79 Å². The van der Waals surface area contributed by atoms with Gasteiger partial charge in [-0.15, -0.1) is 0 Å². The highest BCUT2D eigenvalue weighted by Crippen LogP contribution is 2.17. The van der Waals surface area contributed by atoms with E-state index in [0.717, 1.165) is 17.3 Å². The Labute approximate surface area is 170 Å². The lowest BCUT2D eigenvalue weighted by atomic mass is 9.99. The summed E-state index contributed by atoms with van der Waals surface area (Å²) in [6.45, 7) is 5.56. The summed E-state index contributed by atoms with van der Waals surface area (Å²) in [5, 5.41) is 3.78. The molecule has 3 amide bonds. The quantitative estimate of drug-likeness (QED) is 0.753. The Morgan fingerprint density at radius 2 is 1.79 bits per heavy atom. The van der Waals surface area contributed by atoms with E-state index in [0.29, 0.717) is 31.9 Å². The lowest BCUT2D eigenvalue weighted by molar-refractivity contribution is -0.144. The molecule has 2 atom stereocenters. The molecule has 1 aliphatic heterocycles. The van der Waals surface area contributed by atoms with E-state index < -0.39 is 12.0 Å². The first-order valence-corrected chi connectivity index (χ1v) is 9.94. The van der Waals surface area contributed by atoms with Crippen molar-refractivity contribution in [1.82, 2.24) is 20.1 Å². The van der Waals surface area contributed by atoms with Gasteiger partial charge in [-0.1, -0.05) is 38.5 Å². The fourth-order valence-electron chi connectivity index (χ4n) is 3.49. The molecule has 2 N–H and O–H groups in total. The molecule has 1 aromatic carbocycles. The molecule has 2 aromatic rings. The van der Waals surface area contributed by atoms with Crippen LogP contribution in [0.5, 0.6) is 0 Å². The monoisotopic (exact) mass is 400 g/mol. The first kappa shape index (κ1) is 20.7. The Hall–Kier alpha value is -3.03. The van der Waals surface area contributed by atoms with Crippen molar-refractivity contribution < 1.29 is 19.1 Å². The number of aromatic nitrogens is 1. The topological polar surface area (TPSA) is 94.7 Å². The third kappa shape index (κ3) is 4.52. The van der Waals surface area contributed by atoms with Gasteiger partial charge in [-0.2, -0.15) is 0 Å². The summed E-state index contributed by atoms with van der Waals surface area (Å²) in [4.78, 5) is 43.9. The number of nitrogens with one attached hydrogen (secondary N) is 2. The lowest BCUT2D eigenvalue weighted by Crippen LogP contribution is -2.56. The molecule has 1 aliphatic rings. The molecule has 8 nitrogen and oxygen atoms in total. The second kappa shape index (κ2) is 8.98. The van der Waals surface area contributed by atoms with E-state index >= 15 is 0 Å². The summed E-state index contributed by atoms with van der Waals surface area (Å²) in [5.41, 5.74) is 1.47. The van der Waals surface area contributed by atoms with Gasteiger partial charge in [-0.05, 0) is 18.1 Å². The molecule has 0 bridgehead atoms. The number of aromatic amines is 1. The molecule has 1 aromatic heterocycles. The van der Waals surface area contributed by atoms with Crippen LogP contribution in [0.3, 0.4) is 0 Å². The number of esters is 1. The van der Waals surface area contributed by atoms with Crippen molar-refractivity contribution in [3.63, 3.8) is 0 Å². The second-order valence-corrected chi connectivity index (χ2v) is 7.39. The first-order chi connectivity index (χ1) is 13.9. The molecule has 0 unspecified atom stereocenters. The zero-order chi connectivity index (χ0) is 21.0. The van der Waals surface area contributed by atoms with Crippen molar-refractivity contribution in [3.05, 3.63) is 36.0 Å². The van der Waals surface area contributed by atoms with Crippen LogP contribution < -0.4 is 5.32 Å². The number of benzene rings is 1. The zero-order valence-corrected chi connectivity index (χ0v) is 17.1.